The van der Waals surface area contributed by atoms with Gasteiger partial charge in [0.15, 0.2) is 5.78 Å². The Bertz CT molecular complexity index is 564. The molecule has 0 bridgehead atoms. The highest BCUT2D eigenvalue weighted by Crippen LogP contribution is 2.23. The summed E-state index contributed by atoms with van der Waals surface area (Å²) in [5, 5.41) is 2.94. The molecule has 0 fully saturated rings. The minimum Gasteiger partial charge on any atom is -0.359 e. The van der Waals surface area contributed by atoms with Crippen molar-refractivity contribution in [2.24, 2.45) is 5.41 Å². The molecule has 1 aromatic carbocycles. The van der Waals surface area contributed by atoms with E-state index in [0.717, 1.165) is 11.0 Å². The first-order valence-corrected chi connectivity index (χ1v) is 5.64. The second-order valence-electron chi connectivity index (χ2n) is 5.15. The number of hydrogen-bond acceptors (Lipinski definition) is 3. The second-order valence-corrected chi connectivity index (χ2v) is 5.15. The molecule has 0 amide bonds. The molecule has 17 heavy (non-hydrogen) atoms. The molecule has 0 atom stereocenters. The number of nitrogens with zero attached hydrogens (tertiary/aromatic N) is 1. The Morgan fingerprint density at radius 2 is 2.06 bits per heavy atom. The van der Waals surface area contributed by atoms with E-state index in [1.807, 2.05) is 39.0 Å². The maximum Gasteiger partial charge on any atom is 0.200 e. The average molecular weight is 231 g/mol. The van der Waals surface area contributed by atoms with E-state index in [9.17, 15) is 4.79 Å². The number of imidazole rings is 1. The van der Waals surface area contributed by atoms with Gasteiger partial charge in [-0.1, -0.05) is 20.8 Å². The normalized spacial score (nSPS) is 11.8. The minimum atomic E-state index is -0.365. The summed E-state index contributed by atoms with van der Waals surface area (Å²) in [6.07, 6.45) is 0. The van der Waals surface area contributed by atoms with E-state index in [1.165, 1.54) is 0 Å². The lowest BCUT2D eigenvalue weighted by atomic mass is 9.86. The van der Waals surface area contributed by atoms with Gasteiger partial charge in [0.2, 0.25) is 5.95 Å². The molecule has 1 heterocycles. The first-order chi connectivity index (χ1) is 7.91. The number of hydrogen-bond donors (Lipinski definition) is 2. The Labute approximate surface area is 100 Å². The van der Waals surface area contributed by atoms with E-state index in [4.69, 9.17) is 0 Å². The van der Waals surface area contributed by atoms with Crippen LogP contribution in [0.4, 0.5) is 5.95 Å². The van der Waals surface area contributed by atoms with E-state index in [1.54, 1.807) is 7.05 Å². The number of fused-ring (bicyclic) bond motifs is 1. The predicted octanol–water partition coefficient (Wildman–Crippen LogP) is 2.83. The number of carbonyl (C=O) groups excluding carboxylic acids is 1. The van der Waals surface area contributed by atoms with Crippen LogP contribution in [0.5, 0.6) is 0 Å². The van der Waals surface area contributed by atoms with Crippen molar-refractivity contribution >= 4 is 22.8 Å². The van der Waals surface area contributed by atoms with Crippen molar-refractivity contribution < 1.29 is 4.79 Å². The van der Waals surface area contributed by atoms with Crippen LogP contribution in [0.25, 0.3) is 11.0 Å². The molecule has 0 spiro atoms. The van der Waals surface area contributed by atoms with E-state index in [0.29, 0.717) is 11.5 Å². The zero-order valence-electron chi connectivity index (χ0n) is 10.6. The van der Waals surface area contributed by atoms with Gasteiger partial charge in [0, 0.05) is 18.0 Å². The van der Waals surface area contributed by atoms with E-state index in [-0.39, 0.29) is 11.2 Å². The van der Waals surface area contributed by atoms with E-state index >= 15 is 0 Å². The maximum atomic E-state index is 12.1. The topological polar surface area (TPSA) is 57.8 Å². The second kappa shape index (κ2) is 3.87. The maximum absolute atomic E-state index is 12.1. The van der Waals surface area contributed by atoms with Gasteiger partial charge in [-0.15, -0.1) is 0 Å². The third-order valence-electron chi connectivity index (χ3n) is 2.66. The summed E-state index contributed by atoms with van der Waals surface area (Å²) < 4.78 is 0. The SMILES string of the molecule is CNc1nc2cc(C(=O)C(C)(C)C)ccc2[nH]1. The molecule has 0 aliphatic heterocycles. The smallest absolute Gasteiger partial charge is 0.200 e. The van der Waals surface area contributed by atoms with Crippen molar-refractivity contribution in [2.75, 3.05) is 12.4 Å². The fourth-order valence-corrected chi connectivity index (χ4v) is 1.70. The highest BCUT2D eigenvalue weighted by molar-refractivity contribution is 6.02. The molecule has 0 aliphatic carbocycles. The summed E-state index contributed by atoms with van der Waals surface area (Å²) in [5.41, 5.74) is 2.08. The van der Waals surface area contributed by atoms with Gasteiger partial charge in [-0.05, 0) is 18.2 Å². The lowest BCUT2D eigenvalue weighted by Crippen LogP contribution is -2.19. The molecule has 1 aromatic heterocycles. The van der Waals surface area contributed by atoms with Gasteiger partial charge in [-0.2, -0.15) is 0 Å². The number of rotatable bonds is 2. The molecule has 0 aliphatic rings. The minimum absolute atomic E-state index is 0.133. The van der Waals surface area contributed by atoms with Gasteiger partial charge in [0.25, 0.3) is 0 Å². The zero-order chi connectivity index (χ0) is 12.6. The van der Waals surface area contributed by atoms with Crippen LogP contribution in [0.1, 0.15) is 31.1 Å². The average Bonchev–Trinajstić information content (AvgIpc) is 2.68. The molecule has 0 unspecified atom stereocenters. The Balaban J connectivity index is 2.47. The third-order valence-corrected chi connectivity index (χ3v) is 2.66. The molecule has 0 saturated heterocycles. The fraction of sp³-hybridized carbons (Fsp3) is 0.385. The number of aromatic amines is 1. The van der Waals surface area contributed by atoms with Crippen LogP contribution in [0.15, 0.2) is 18.2 Å². The Morgan fingerprint density at radius 3 is 2.65 bits per heavy atom. The largest absolute Gasteiger partial charge is 0.359 e. The number of carbonyl (C=O) groups is 1. The van der Waals surface area contributed by atoms with Crippen LogP contribution in [0.2, 0.25) is 0 Å². The van der Waals surface area contributed by atoms with Gasteiger partial charge in [0.05, 0.1) is 11.0 Å². The summed E-state index contributed by atoms with van der Waals surface area (Å²) in [7, 11) is 1.80. The molecule has 2 aromatic rings. The highest BCUT2D eigenvalue weighted by atomic mass is 16.1. The highest BCUT2D eigenvalue weighted by Gasteiger charge is 2.23. The number of Topliss-reactive ketones (excluding diaryl/α,β-unsaturated/α-hetero) is 1. The van der Waals surface area contributed by atoms with Gasteiger partial charge < -0.3 is 10.3 Å². The van der Waals surface area contributed by atoms with Gasteiger partial charge in [0.1, 0.15) is 0 Å². The number of nitrogens with one attached hydrogen (secondary N) is 2. The van der Waals surface area contributed by atoms with Crippen molar-refractivity contribution in [3.63, 3.8) is 0 Å². The summed E-state index contributed by atoms with van der Waals surface area (Å²) >= 11 is 0. The quantitative estimate of drug-likeness (QED) is 0.781. The van der Waals surface area contributed by atoms with Crippen LogP contribution in [-0.2, 0) is 0 Å². The van der Waals surface area contributed by atoms with Crippen LogP contribution >= 0.6 is 0 Å². The lowest BCUT2D eigenvalue weighted by molar-refractivity contribution is 0.0858. The molecule has 90 valence electrons. The monoisotopic (exact) mass is 231 g/mol. The molecular weight excluding hydrogens is 214 g/mol. The fourth-order valence-electron chi connectivity index (χ4n) is 1.70. The number of H-pyrrole nitrogens is 1. The Kier molecular flexibility index (Phi) is 2.65. The van der Waals surface area contributed by atoms with Crippen molar-refractivity contribution in [3.8, 4) is 0 Å². The Hall–Kier alpha value is -1.84. The molecule has 4 nitrogen and oxygen atoms in total. The van der Waals surface area contributed by atoms with Gasteiger partial charge >= 0.3 is 0 Å². The third kappa shape index (κ3) is 2.16. The van der Waals surface area contributed by atoms with Crippen LogP contribution < -0.4 is 5.32 Å². The summed E-state index contributed by atoms with van der Waals surface area (Å²) in [6.45, 7) is 5.76. The molecule has 4 heteroatoms. The number of anilines is 1. The summed E-state index contributed by atoms with van der Waals surface area (Å²) in [6, 6.07) is 5.57. The standard InChI is InChI=1S/C13H17N3O/c1-13(2,3)11(17)8-5-6-9-10(7-8)16-12(14-4)15-9/h5-7H,1-4H3,(H2,14,15,16). The molecule has 2 N–H and O–H groups in total. The number of ketones is 1. The van der Waals surface area contributed by atoms with Crippen molar-refractivity contribution in [1.29, 1.82) is 0 Å². The van der Waals surface area contributed by atoms with Crippen LogP contribution in [0, 0.1) is 5.41 Å². The van der Waals surface area contributed by atoms with Crippen molar-refractivity contribution in [3.05, 3.63) is 23.8 Å². The zero-order valence-corrected chi connectivity index (χ0v) is 10.6. The first-order valence-electron chi connectivity index (χ1n) is 5.64. The molecule has 0 saturated carbocycles. The Morgan fingerprint density at radius 1 is 1.35 bits per heavy atom. The lowest BCUT2D eigenvalue weighted by Gasteiger charge is -2.16. The summed E-state index contributed by atoms with van der Waals surface area (Å²) in [5.74, 6) is 0.841. The van der Waals surface area contributed by atoms with E-state index in [2.05, 4.69) is 15.3 Å². The van der Waals surface area contributed by atoms with Crippen molar-refractivity contribution in [2.45, 2.75) is 20.8 Å². The van der Waals surface area contributed by atoms with Gasteiger partial charge in [-0.25, -0.2) is 4.98 Å². The summed E-state index contributed by atoms with van der Waals surface area (Å²) in [4.78, 5) is 19.6. The van der Waals surface area contributed by atoms with Gasteiger partial charge in [-0.3, -0.25) is 4.79 Å². The predicted molar refractivity (Wildman–Crippen MR) is 69.4 cm³/mol. The van der Waals surface area contributed by atoms with Crippen molar-refractivity contribution in [1.82, 2.24) is 9.97 Å². The first kappa shape index (κ1) is 11.6. The molecular formula is C13H17N3O. The van der Waals surface area contributed by atoms with Crippen LogP contribution in [-0.4, -0.2) is 22.8 Å². The number of aromatic nitrogens is 2. The van der Waals surface area contributed by atoms with Crippen LogP contribution in [0.3, 0.4) is 0 Å². The number of benzene rings is 1. The van der Waals surface area contributed by atoms with E-state index < -0.39 is 0 Å². The molecule has 2 rings (SSSR count). The molecule has 0 radical (unpaired) electrons.